The summed E-state index contributed by atoms with van der Waals surface area (Å²) in [5.74, 6) is -2.52. The molecule has 0 fully saturated rings. The van der Waals surface area contributed by atoms with Crippen molar-refractivity contribution < 1.29 is 26.8 Å². The molecule has 0 aliphatic heterocycles. The minimum absolute atomic E-state index is 0.114. The molecule has 3 aromatic carbocycles. The van der Waals surface area contributed by atoms with E-state index >= 15 is 0 Å². The number of halogens is 2. The van der Waals surface area contributed by atoms with Gasteiger partial charge in [0, 0.05) is 34.1 Å². The molecule has 3 rings (SSSR count). The summed E-state index contributed by atoms with van der Waals surface area (Å²) < 4.78 is 56.2. The van der Waals surface area contributed by atoms with Crippen LogP contribution in [-0.2, 0) is 32.8 Å². The molecule has 1 N–H and O–H groups in total. The molecule has 0 saturated carbocycles. The van der Waals surface area contributed by atoms with Crippen molar-refractivity contribution in [3.8, 4) is 0 Å². The van der Waals surface area contributed by atoms with Gasteiger partial charge in [-0.15, -0.1) is 0 Å². The van der Waals surface area contributed by atoms with Crippen LogP contribution in [0.1, 0.15) is 11.1 Å². The van der Waals surface area contributed by atoms with Crippen LogP contribution in [0.25, 0.3) is 0 Å². The van der Waals surface area contributed by atoms with Crippen molar-refractivity contribution >= 4 is 27.7 Å². The van der Waals surface area contributed by atoms with Gasteiger partial charge in [0.05, 0.1) is 5.69 Å². The Morgan fingerprint density at radius 3 is 2.05 bits per heavy atom. The zero-order valence-corrected chi connectivity index (χ0v) is 22.2. The van der Waals surface area contributed by atoms with Crippen molar-refractivity contribution in [2.75, 3.05) is 32.0 Å². The van der Waals surface area contributed by atoms with E-state index in [0.29, 0.717) is 9.87 Å². The van der Waals surface area contributed by atoms with Crippen LogP contribution in [0, 0.1) is 11.6 Å². The minimum atomic E-state index is -4.30. The van der Waals surface area contributed by atoms with E-state index in [1.165, 1.54) is 68.5 Å². The summed E-state index contributed by atoms with van der Waals surface area (Å²) in [5.41, 5.74) is 0.982. The van der Waals surface area contributed by atoms with Crippen LogP contribution in [0.3, 0.4) is 0 Å². The SMILES string of the molecule is CNC(=O)[C@@H](Cc1ccccc1)N(Cc1ccc(F)cc1)C(=O)CN(c1ccccc1F)S(=O)(=O)N(C)C. The van der Waals surface area contributed by atoms with Crippen LogP contribution >= 0.6 is 0 Å². The Morgan fingerprint density at radius 2 is 1.47 bits per heavy atom. The highest BCUT2D eigenvalue weighted by atomic mass is 32.2. The van der Waals surface area contributed by atoms with E-state index in [1.807, 2.05) is 6.07 Å². The summed E-state index contributed by atoms with van der Waals surface area (Å²) in [5, 5.41) is 2.57. The highest BCUT2D eigenvalue weighted by Crippen LogP contribution is 2.24. The maximum absolute atomic E-state index is 14.7. The van der Waals surface area contributed by atoms with Gasteiger partial charge in [-0.1, -0.05) is 54.6 Å². The topological polar surface area (TPSA) is 90.0 Å². The van der Waals surface area contributed by atoms with E-state index in [1.54, 1.807) is 24.3 Å². The van der Waals surface area contributed by atoms with Crippen molar-refractivity contribution in [2.45, 2.75) is 19.0 Å². The number of nitrogens with one attached hydrogen (secondary N) is 1. The van der Waals surface area contributed by atoms with Gasteiger partial charge in [-0.3, -0.25) is 9.59 Å². The molecule has 2 amide bonds. The molecule has 0 heterocycles. The first-order valence-electron chi connectivity index (χ1n) is 11.8. The summed E-state index contributed by atoms with van der Waals surface area (Å²) in [4.78, 5) is 28.1. The molecular weight excluding hydrogens is 514 g/mol. The number of hydrogen-bond acceptors (Lipinski definition) is 4. The molecule has 0 radical (unpaired) electrons. The first-order valence-corrected chi connectivity index (χ1v) is 13.2. The fourth-order valence-electron chi connectivity index (χ4n) is 3.86. The number of nitrogens with zero attached hydrogens (tertiary/aromatic N) is 3. The van der Waals surface area contributed by atoms with Crippen molar-refractivity contribution in [2.24, 2.45) is 0 Å². The highest BCUT2D eigenvalue weighted by Gasteiger charge is 2.35. The molecular formula is C27H30F2N4O4S. The maximum Gasteiger partial charge on any atom is 0.304 e. The van der Waals surface area contributed by atoms with E-state index in [-0.39, 0.29) is 18.7 Å². The normalized spacial score (nSPS) is 12.2. The Morgan fingerprint density at radius 1 is 0.868 bits per heavy atom. The average molecular weight is 545 g/mol. The van der Waals surface area contributed by atoms with Gasteiger partial charge in [-0.2, -0.15) is 12.7 Å². The van der Waals surface area contributed by atoms with Crippen molar-refractivity contribution in [1.82, 2.24) is 14.5 Å². The second-order valence-electron chi connectivity index (χ2n) is 8.72. The van der Waals surface area contributed by atoms with E-state index < -0.39 is 46.2 Å². The lowest BCUT2D eigenvalue weighted by Gasteiger charge is -2.34. The fraction of sp³-hybridized carbons (Fsp3) is 0.259. The third-order valence-corrected chi connectivity index (χ3v) is 7.73. The van der Waals surface area contributed by atoms with Crippen LogP contribution in [-0.4, -0.2) is 63.2 Å². The number of amides is 2. The summed E-state index contributed by atoms with van der Waals surface area (Å²) >= 11 is 0. The quantitative estimate of drug-likeness (QED) is 0.402. The van der Waals surface area contributed by atoms with Crippen LogP contribution in [0.5, 0.6) is 0 Å². The molecule has 0 aromatic heterocycles. The first kappa shape index (κ1) is 28.7. The molecule has 0 spiro atoms. The van der Waals surface area contributed by atoms with Gasteiger partial charge in [0.1, 0.15) is 24.2 Å². The van der Waals surface area contributed by atoms with Crippen molar-refractivity contribution in [3.63, 3.8) is 0 Å². The minimum Gasteiger partial charge on any atom is -0.357 e. The molecule has 0 bridgehead atoms. The summed E-state index contributed by atoms with van der Waals surface area (Å²) in [6.07, 6.45) is 0.133. The molecule has 0 aliphatic carbocycles. The van der Waals surface area contributed by atoms with Gasteiger partial charge in [0.25, 0.3) is 0 Å². The molecule has 8 nitrogen and oxygen atoms in total. The molecule has 202 valence electrons. The van der Waals surface area contributed by atoms with Crippen LogP contribution in [0.4, 0.5) is 14.5 Å². The maximum atomic E-state index is 14.7. The number of rotatable bonds is 11. The number of likely N-dealkylation sites (N-methyl/N-ethyl adjacent to an activating group) is 1. The van der Waals surface area contributed by atoms with Gasteiger partial charge < -0.3 is 10.2 Å². The van der Waals surface area contributed by atoms with Gasteiger partial charge in [0.2, 0.25) is 11.8 Å². The molecule has 1 atom stereocenters. The van der Waals surface area contributed by atoms with E-state index in [9.17, 15) is 26.8 Å². The van der Waals surface area contributed by atoms with Gasteiger partial charge in [0.15, 0.2) is 0 Å². The lowest BCUT2D eigenvalue weighted by atomic mass is 10.0. The Hall–Kier alpha value is -3.83. The molecule has 0 unspecified atom stereocenters. The number of carbonyl (C=O) groups is 2. The van der Waals surface area contributed by atoms with E-state index in [0.717, 1.165) is 15.9 Å². The molecule has 38 heavy (non-hydrogen) atoms. The third-order valence-electron chi connectivity index (χ3n) is 5.92. The number of benzene rings is 3. The van der Waals surface area contributed by atoms with E-state index in [2.05, 4.69) is 5.32 Å². The summed E-state index contributed by atoms with van der Waals surface area (Å²) in [6.45, 7) is -0.887. The molecule has 3 aromatic rings. The smallest absolute Gasteiger partial charge is 0.304 e. The highest BCUT2D eigenvalue weighted by molar-refractivity contribution is 7.90. The van der Waals surface area contributed by atoms with E-state index in [4.69, 9.17) is 0 Å². The van der Waals surface area contributed by atoms with Crippen LogP contribution in [0.15, 0.2) is 78.9 Å². The monoisotopic (exact) mass is 544 g/mol. The molecule has 0 saturated heterocycles. The third kappa shape index (κ3) is 6.93. The van der Waals surface area contributed by atoms with Crippen LogP contribution < -0.4 is 9.62 Å². The average Bonchev–Trinajstić information content (AvgIpc) is 2.90. The lowest BCUT2D eigenvalue weighted by molar-refractivity contribution is -0.139. The second kappa shape index (κ2) is 12.6. The van der Waals surface area contributed by atoms with Crippen molar-refractivity contribution in [3.05, 3.63) is 102 Å². The molecule has 0 aliphatic rings. The van der Waals surface area contributed by atoms with Gasteiger partial charge in [-0.05, 0) is 35.4 Å². The number of para-hydroxylation sites is 1. The Bertz CT molecular complexity index is 1350. The lowest BCUT2D eigenvalue weighted by Crippen LogP contribution is -2.54. The second-order valence-corrected chi connectivity index (χ2v) is 10.8. The van der Waals surface area contributed by atoms with Gasteiger partial charge >= 0.3 is 10.2 Å². The van der Waals surface area contributed by atoms with Gasteiger partial charge in [-0.25, -0.2) is 13.1 Å². The predicted molar refractivity (Wildman–Crippen MR) is 141 cm³/mol. The number of anilines is 1. The first-order chi connectivity index (χ1) is 18.0. The summed E-state index contributed by atoms with van der Waals surface area (Å²) in [7, 11) is -0.328. The Balaban J connectivity index is 2.07. The largest absolute Gasteiger partial charge is 0.357 e. The Kier molecular flexibility index (Phi) is 9.54. The fourth-order valence-corrected chi connectivity index (χ4v) is 4.93. The zero-order valence-electron chi connectivity index (χ0n) is 21.3. The standard InChI is InChI=1S/C27H30F2N4O4S/c1-30-27(35)25(17-20-9-5-4-6-10-20)32(18-21-13-15-22(28)16-14-21)26(34)19-33(38(36,37)31(2)3)24-12-8-7-11-23(24)29/h4-16,25H,17-19H2,1-3H3,(H,30,35)/t25-/m1/s1. The number of hydrogen-bond donors (Lipinski definition) is 1. The molecule has 11 heteroatoms. The van der Waals surface area contributed by atoms with Crippen LogP contribution in [0.2, 0.25) is 0 Å². The zero-order chi connectivity index (χ0) is 27.9. The van der Waals surface area contributed by atoms with Crippen molar-refractivity contribution in [1.29, 1.82) is 0 Å². The summed E-state index contributed by atoms with van der Waals surface area (Å²) in [6, 6.07) is 18.6. The number of carbonyl (C=O) groups excluding carboxylic acids is 2. The Labute approximate surface area is 221 Å². The predicted octanol–water partition coefficient (Wildman–Crippen LogP) is 2.96.